The number of pyridine rings is 1. The van der Waals surface area contributed by atoms with E-state index in [1.807, 2.05) is 13.1 Å². The minimum Gasteiger partial charge on any atom is -0.465 e. The molecule has 0 aliphatic heterocycles. The van der Waals surface area contributed by atoms with Crippen molar-refractivity contribution in [3.63, 3.8) is 0 Å². The predicted octanol–water partition coefficient (Wildman–Crippen LogP) is 1.28. The molecule has 0 spiro atoms. The summed E-state index contributed by atoms with van der Waals surface area (Å²) in [5.74, 6) is -0.364. The molecule has 0 unspecified atom stereocenters. The Morgan fingerprint density at radius 2 is 2.16 bits per heavy atom. The first-order valence-corrected chi connectivity index (χ1v) is 6.30. The van der Waals surface area contributed by atoms with E-state index in [-0.39, 0.29) is 11.4 Å². The number of hydrogen-bond acceptors (Lipinski definition) is 5. The molecule has 0 aliphatic rings. The van der Waals surface area contributed by atoms with Crippen molar-refractivity contribution < 1.29 is 9.53 Å². The van der Waals surface area contributed by atoms with Crippen LogP contribution in [0.1, 0.15) is 29.9 Å². The van der Waals surface area contributed by atoms with Gasteiger partial charge in [-0.15, -0.1) is 0 Å². The fourth-order valence-corrected chi connectivity index (χ4v) is 1.88. The van der Waals surface area contributed by atoms with Crippen LogP contribution in [0.2, 0.25) is 0 Å². The van der Waals surface area contributed by atoms with Crippen molar-refractivity contribution in [3.8, 4) is 0 Å². The van der Waals surface area contributed by atoms with Crippen molar-refractivity contribution in [3.05, 3.63) is 29.6 Å². The zero-order chi connectivity index (χ0) is 14.5. The average Bonchev–Trinajstić information content (AvgIpc) is 2.38. The summed E-state index contributed by atoms with van der Waals surface area (Å²) in [5.41, 5.74) is 7.19. The van der Waals surface area contributed by atoms with Gasteiger partial charge in [0, 0.05) is 19.3 Å². The van der Waals surface area contributed by atoms with Gasteiger partial charge in [0.25, 0.3) is 0 Å². The first kappa shape index (κ1) is 15.6. The van der Waals surface area contributed by atoms with Crippen LogP contribution in [0, 0.1) is 5.41 Å². The molecular formula is C14H23N3O2. The molecule has 19 heavy (non-hydrogen) atoms. The van der Waals surface area contributed by atoms with E-state index in [4.69, 9.17) is 5.73 Å². The summed E-state index contributed by atoms with van der Waals surface area (Å²) in [6.45, 7) is 6.54. The highest BCUT2D eigenvalue weighted by Gasteiger charge is 2.18. The summed E-state index contributed by atoms with van der Waals surface area (Å²) < 4.78 is 4.63. The molecule has 0 amide bonds. The van der Waals surface area contributed by atoms with Crippen molar-refractivity contribution in [2.45, 2.75) is 20.4 Å². The van der Waals surface area contributed by atoms with Gasteiger partial charge >= 0.3 is 5.97 Å². The maximum atomic E-state index is 11.3. The molecule has 0 aromatic carbocycles. The normalized spacial score (nSPS) is 11.7. The molecule has 0 fully saturated rings. The summed E-state index contributed by atoms with van der Waals surface area (Å²) >= 11 is 0. The second-order valence-corrected chi connectivity index (χ2v) is 5.57. The maximum Gasteiger partial charge on any atom is 0.339 e. The Hall–Kier alpha value is -1.46. The number of rotatable bonds is 6. The summed E-state index contributed by atoms with van der Waals surface area (Å²) in [6, 6.07) is 3.58. The molecular weight excluding hydrogens is 242 g/mol. The molecule has 0 saturated carbocycles. The third-order valence-corrected chi connectivity index (χ3v) is 2.93. The number of hydrogen-bond donors (Lipinski definition) is 1. The molecule has 1 aromatic rings. The van der Waals surface area contributed by atoms with Crippen LogP contribution in [0.25, 0.3) is 0 Å². The number of ether oxygens (including phenoxy) is 1. The third-order valence-electron chi connectivity index (χ3n) is 2.93. The van der Waals surface area contributed by atoms with Crippen molar-refractivity contribution in [1.29, 1.82) is 0 Å². The summed E-state index contributed by atoms with van der Waals surface area (Å²) in [6.07, 6.45) is 1.54. The van der Waals surface area contributed by atoms with Crippen LogP contribution in [-0.2, 0) is 11.3 Å². The van der Waals surface area contributed by atoms with E-state index >= 15 is 0 Å². The van der Waals surface area contributed by atoms with E-state index in [0.717, 1.165) is 18.8 Å². The van der Waals surface area contributed by atoms with Crippen molar-refractivity contribution in [2.75, 3.05) is 27.2 Å². The molecule has 1 heterocycles. The number of carbonyl (C=O) groups is 1. The largest absolute Gasteiger partial charge is 0.465 e. The fourth-order valence-electron chi connectivity index (χ4n) is 1.88. The highest BCUT2D eigenvalue weighted by molar-refractivity contribution is 5.88. The first-order chi connectivity index (χ1) is 8.88. The minimum absolute atomic E-state index is 0.0840. The van der Waals surface area contributed by atoms with Crippen molar-refractivity contribution in [2.24, 2.45) is 11.1 Å². The molecule has 2 N–H and O–H groups in total. The number of esters is 1. The quantitative estimate of drug-likeness (QED) is 0.785. The van der Waals surface area contributed by atoms with E-state index in [0.29, 0.717) is 12.1 Å². The Labute approximate surface area is 114 Å². The lowest BCUT2D eigenvalue weighted by Gasteiger charge is -2.28. The molecule has 1 aromatic heterocycles. The zero-order valence-corrected chi connectivity index (χ0v) is 12.1. The van der Waals surface area contributed by atoms with Gasteiger partial charge in [-0.1, -0.05) is 13.8 Å². The molecule has 0 saturated heterocycles. The van der Waals surface area contributed by atoms with Gasteiger partial charge < -0.3 is 10.5 Å². The minimum atomic E-state index is -0.364. The van der Waals surface area contributed by atoms with Crippen LogP contribution in [0.5, 0.6) is 0 Å². The van der Waals surface area contributed by atoms with Gasteiger partial charge in [0.2, 0.25) is 0 Å². The Kier molecular flexibility index (Phi) is 5.44. The molecule has 0 aliphatic carbocycles. The number of nitrogens with two attached hydrogens (primary N) is 1. The highest BCUT2D eigenvalue weighted by atomic mass is 16.5. The lowest BCUT2D eigenvalue weighted by Crippen LogP contribution is -2.36. The monoisotopic (exact) mass is 265 g/mol. The number of methoxy groups -OCH3 is 1. The van der Waals surface area contributed by atoms with E-state index in [1.165, 1.54) is 7.11 Å². The Bertz CT molecular complexity index is 415. The molecule has 0 bridgehead atoms. The fraction of sp³-hybridized carbons (Fsp3) is 0.571. The van der Waals surface area contributed by atoms with Gasteiger partial charge in [-0.3, -0.25) is 9.88 Å². The average molecular weight is 265 g/mol. The lowest BCUT2D eigenvalue weighted by atomic mass is 9.93. The van der Waals surface area contributed by atoms with Gasteiger partial charge in [0.1, 0.15) is 0 Å². The van der Waals surface area contributed by atoms with E-state index < -0.39 is 0 Å². The van der Waals surface area contributed by atoms with Crippen LogP contribution >= 0.6 is 0 Å². The Morgan fingerprint density at radius 1 is 1.47 bits per heavy atom. The molecule has 5 heteroatoms. The topological polar surface area (TPSA) is 68.5 Å². The summed E-state index contributed by atoms with van der Waals surface area (Å²) in [5, 5.41) is 0. The number of carbonyl (C=O) groups excluding carboxylic acids is 1. The standard InChI is InChI=1S/C14H23N3O2/c1-14(2,9-15)10-17(3)8-12-6-5-11(7-16-12)13(18)19-4/h5-7H,8-10,15H2,1-4H3. The van der Waals surface area contributed by atoms with Crippen LogP contribution in [0.15, 0.2) is 18.3 Å². The van der Waals surface area contributed by atoms with Crippen LogP contribution < -0.4 is 5.73 Å². The first-order valence-electron chi connectivity index (χ1n) is 6.30. The number of aromatic nitrogens is 1. The van der Waals surface area contributed by atoms with Crippen LogP contribution in [0.3, 0.4) is 0 Å². The molecule has 0 atom stereocenters. The smallest absolute Gasteiger partial charge is 0.339 e. The van der Waals surface area contributed by atoms with Gasteiger partial charge in [-0.2, -0.15) is 0 Å². The molecule has 5 nitrogen and oxygen atoms in total. The van der Waals surface area contributed by atoms with E-state index in [9.17, 15) is 4.79 Å². The maximum absolute atomic E-state index is 11.3. The van der Waals surface area contributed by atoms with Gasteiger partial charge in [-0.05, 0) is 31.1 Å². The van der Waals surface area contributed by atoms with Gasteiger partial charge in [0.15, 0.2) is 0 Å². The zero-order valence-electron chi connectivity index (χ0n) is 12.1. The van der Waals surface area contributed by atoms with Crippen molar-refractivity contribution in [1.82, 2.24) is 9.88 Å². The molecule has 0 radical (unpaired) electrons. The van der Waals surface area contributed by atoms with E-state index in [1.54, 1.807) is 12.3 Å². The van der Waals surface area contributed by atoms with Crippen molar-refractivity contribution >= 4 is 5.97 Å². The number of nitrogens with zero attached hydrogens (tertiary/aromatic N) is 2. The summed E-state index contributed by atoms with van der Waals surface area (Å²) in [4.78, 5) is 17.7. The second kappa shape index (κ2) is 6.63. The second-order valence-electron chi connectivity index (χ2n) is 5.57. The molecule has 106 valence electrons. The summed E-state index contributed by atoms with van der Waals surface area (Å²) in [7, 11) is 3.40. The van der Waals surface area contributed by atoms with E-state index in [2.05, 4.69) is 28.5 Å². The van der Waals surface area contributed by atoms with Crippen LogP contribution in [0.4, 0.5) is 0 Å². The van der Waals surface area contributed by atoms with Gasteiger partial charge in [0.05, 0.1) is 18.4 Å². The predicted molar refractivity (Wildman–Crippen MR) is 74.7 cm³/mol. The van der Waals surface area contributed by atoms with Gasteiger partial charge in [-0.25, -0.2) is 4.79 Å². The molecule has 1 rings (SSSR count). The van der Waals surface area contributed by atoms with Crippen LogP contribution in [-0.4, -0.2) is 43.1 Å². The Morgan fingerprint density at radius 3 is 2.63 bits per heavy atom. The highest BCUT2D eigenvalue weighted by Crippen LogP contribution is 2.15. The third kappa shape index (κ3) is 4.96. The lowest BCUT2D eigenvalue weighted by molar-refractivity contribution is 0.0600. The SMILES string of the molecule is COC(=O)c1ccc(CN(C)CC(C)(C)CN)nc1. The Balaban J connectivity index is 2.60.